The molecule has 0 bridgehead atoms. The summed E-state index contributed by atoms with van der Waals surface area (Å²) in [7, 11) is 0. The molecule has 0 aliphatic carbocycles. The predicted octanol–water partition coefficient (Wildman–Crippen LogP) is 0.389. The van der Waals surface area contributed by atoms with E-state index in [0.29, 0.717) is 38.5 Å². The van der Waals surface area contributed by atoms with E-state index < -0.39 is 6.10 Å². The van der Waals surface area contributed by atoms with E-state index >= 15 is 0 Å². The van der Waals surface area contributed by atoms with Gasteiger partial charge in [0.1, 0.15) is 13.2 Å². The Morgan fingerprint density at radius 3 is 2.91 bits per heavy atom. The Balaban J connectivity index is 1.43. The topological polar surface area (TPSA) is 79.8 Å². The molecule has 2 heterocycles. The number of β-amino-alcohol motifs (C(OH)–C–C–N with tert-alkyl or cyclic N) is 1. The molecule has 120 valence electrons. The minimum atomic E-state index is -0.491. The first-order valence-electron chi connectivity index (χ1n) is 7.43. The van der Waals surface area contributed by atoms with Gasteiger partial charge in [0.05, 0.1) is 12.1 Å². The zero-order valence-corrected chi connectivity index (χ0v) is 13.0. The molecule has 1 aromatic carbocycles. The lowest BCUT2D eigenvalue weighted by Gasteiger charge is -2.18. The number of carbonyl (C=O) groups excluding carboxylic acids is 1. The first kappa shape index (κ1) is 15.5. The maximum Gasteiger partial charge on any atom is 0.221 e. The number of hydrogen-bond donors (Lipinski definition) is 3. The van der Waals surface area contributed by atoms with E-state index in [-0.39, 0.29) is 11.9 Å². The third-order valence-electron chi connectivity index (χ3n) is 3.64. The van der Waals surface area contributed by atoms with E-state index in [9.17, 15) is 9.90 Å². The summed E-state index contributed by atoms with van der Waals surface area (Å²) in [5.41, 5.74) is 0. The van der Waals surface area contributed by atoms with Gasteiger partial charge in [-0.1, -0.05) is 0 Å². The van der Waals surface area contributed by atoms with Crippen molar-refractivity contribution in [2.75, 3.05) is 32.1 Å². The average molecular weight is 324 g/mol. The largest absolute Gasteiger partial charge is 0.486 e. The van der Waals surface area contributed by atoms with Crippen LogP contribution in [0.15, 0.2) is 23.1 Å². The first-order valence-corrected chi connectivity index (χ1v) is 8.41. The van der Waals surface area contributed by atoms with Gasteiger partial charge in [0, 0.05) is 30.2 Å². The molecule has 2 aliphatic rings. The fourth-order valence-corrected chi connectivity index (χ4v) is 3.34. The molecule has 2 aliphatic heterocycles. The van der Waals surface area contributed by atoms with Gasteiger partial charge in [-0.25, -0.2) is 0 Å². The number of thioether (sulfide) groups is 1. The summed E-state index contributed by atoms with van der Waals surface area (Å²) in [4.78, 5) is 12.9. The number of aliphatic hydroxyl groups is 1. The molecule has 2 atom stereocenters. The molecular formula is C15H20N2O4S. The molecule has 6 nitrogen and oxygen atoms in total. The second-order valence-corrected chi connectivity index (χ2v) is 6.47. The molecule has 3 rings (SSSR count). The zero-order valence-electron chi connectivity index (χ0n) is 12.2. The summed E-state index contributed by atoms with van der Waals surface area (Å²) < 4.78 is 11.0. The molecule has 1 saturated heterocycles. The Morgan fingerprint density at radius 1 is 1.32 bits per heavy atom. The van der Waals surface area contributed by atoms with Crippen molar-refractivity contribution in [1.82, 2.24) is 10.6 Å². The van der Waals surface area contributed by atoms with Crippen molar-refractivity contribution < 1.29 is 19.4 Å². The van der Waals surface area contributed by atoms with Crippen LogP contribution in [-0.4, -0.2) is 55.2 Å². The van der Waals surface area contributed by atoms with Gasteiger partial charge in [-0.2, -0.15) is 0 Å². The minimum Gasteiger partial charge on any atom is -0.486 e. The summed E-state index contributed by atoms with van der Waals surface area (Å²) in [6.07, 6.45) is -0.0723. The van der Waals surface area contributed by atoms with Crippen molar-refractivity contribution in [2.24, 2.45) is 0 Å². The van der Waals surface area contributed by atoms with Gasteiger partial charge in [0.2, 0.25) is 5.91 Å². The maximum absolute atomic E-state index is 11.9. The second kappa shape index (κ2) is 7.21. The van der Waals surface area contributed by atoms with Crippen molar-refractivity contribution in [2.45, 2.75) is 23.5 Å². The second-order valence-electron chi connectivity index (χ2n) is 5.30. The number of nitrogens with one attached hydrogen (secondary N) is 2. The lowest BCUT2D eigenvalue weighted by Crippen LogP contribution is -2.42. The minimum absolute atomic E-state index is 0.0298. The van der Waals surface area contributed by atoms with Crippen molar-refractivity contribution >= 4 is 17.7 Å². The SMILES string of the molecule is O=C(CCSc1ccc2c(c1)OCCO2)N[C@@H]1CNC[C@H]1O. The molecule has 0 radical (unpaired) electrons. The number of benzene rings is 1. The normalized spacial score (nSPS) is 23.3. The molecule has 7 heteroatoms. The molecule has 1 amide bonds. The summed E-state index contributed by atoms with van der Waals surface area (Å²) >= 11 is 1.61. The van der Waals surface area contributed by atoms with Crippen LogP contribution in [0.1, 0.15) is 6.42 Å². The van der Waals surface area contributed by atoms with Crippen LogP contribution in [0.4, 0.5) is 0 Å². The third-order valence-corrected chi connectivity index (χ3v) is 4.64. The highest BCUT2D eigenvalue weighted by Gasteiger charge is 2.25. The zero-order chi connectivity index (χ0) is 15.4. The van der Waals surface area contributed by atoms with Crippen molar-refractivity contribution in [3.63, 3.8) is 0 Å². The molecule has 1 fully saturated rings. The Hall–Kier alpha value is -1.44. The van der Waals surface area contributed by atoms with Crippen LogP contribution in [0.3, 0.4) is 0 Å². The Kier molecular flexibility index (Phi) is 5.07. The third kappa shape index (κ3) is 3.85. The van der Waals surface area contributed by atoms with Gasteiger partial charge in [0.25, 0.3) is 0 Å². The van der Waals surface area contributed by atoms with E-state index in [0.717, 1.165) is 16.4 Å². The van der Waals surface area contributed by atoms with Crippen LogP contribution in [0, 0.1) is 0 Å². The van der Waals surface area contributed by atoms with E-state index in [1.54, 1.807) is 11.8 Å². The summed E-state index contributed by atoms with van der Waals surface area (Å²) in [6.45, 7) is 2.32. The van der Waals surface area contributed by atoms with Crippen LogP contribution in [0.2, 0.25) is 0 Å². The number of fused-ring (bicyclic) bond motifs is 1. The Morgan fingerprint density at radius 2 is 2.14 bits per heavy atom. The number of carbonyl (C=O) groups is 1. The molecular weight excluding hydrogens is 304 g/mol. The Labute approximate surface area is 133 Å². The lowest BCUT2D eigenvalue weighted by atomic mass is 10.2. The van der Waals surface area contributed by atoms with Crippen LogP contribution in [0.5, 0.6) is 11.5 Å². The van der Waals surface area contributed by atoms with Crippen LogP contribution >= 0.6 is 11.8 Å². The van der Waals surface area contributed by atoms with Gasteiger partial charge >= 0.3 is 0 Å². The lowest BCUT2D eigenvalue weighted by molar-refractivity contribution is -0.121. The average Bonchev–Trinajstić information content (AvgIpc) is 2.92. The molecule has 3 N–H and O–H groups in total. The summed E-state index contributed by atoms with van der Waals surface area (Å²) in [6, 6.07) is 5.65. The molecule has 22 heavy (non-hydrogen) atoms. The standard InChI is InChI=1S/C15H20N2O4S/c18-12-9-16-8-11(12)17-15(19)3-6-22-10-1-2-13-14(7-10)21-5-4-20-13/h1-2,7,11-12,16,18H,3-6,8-9H2,(H,17,19)/t11-,12-/m1/s1. The quantitative estimate of drug-likeness (QED) is 0.680. The van der Waals surface area contributed by atoms with E-state index in [1.807, 2.05) is 18.2 Å². The predicted molar refractivity (Wildman–Crippen MR) is 83.6 cm³/mol. The summed E-state index contributed by atoms with van der Waals surface area (Å²) in [5.74, 6) is 2.19. The van der Waals surface area contributed by atoms with E-state index in [4.69, 9.17) is 9.47 Å². The van der Waals surface area contributed by atoms with Gasteiger partial charge in [-0.15, -0.1) is 11.8 Å². The first-order chi connectivity index (χ1) is 10.7. The van der Waals surface area contributed by atoms with Gasteiger partial charge < -0.3 is 25.2 Å². The molecule has 0 spiro atoms. The van der Waals surface area contributed by atoms with Crippen LogP contribution in [-0.2, 0) is 4.79 Å². The molecule has 0 unspecified atom stereocenters. The number of aliphatic hydroxyl groups excluding tert-OH is 1. The number of rotatable bonds is 5. The van der Waals surface area contributed by atoms with Gasteiger partial charge in [0.15, 0.2) is 11.5 Å². The number of amides is 1. The van der Waals surface area contributed by atoms with Crippen molar-refractivity contribution in [1.29, 1.82) is 0 Å². The number of ether oxygens (including phenoxy) is 2. The maximum atomic E-state index is 11.9. The van der Waals surface area contributed by atoms with E-state index in [2.05, 4.69) is 10.6 Å². The van der Waals surface area contributed by atoms with Gasteiger partial charge in [-0.3, -0.25) is 4.79 Å². The highest BCUT2D eigenvalue weighted by atomic mass is 32.2. The summed E-state index contributed by atoms with van der Waals surface area (Å²) in [5, 5.41) is 15.5. The highest BCUT2D eigenvalue weighted by molar-refractivity contribution is 7.99. The van der Waals surface area contributed by atoms with Crippen LogP contribution < -0.4 is 20.1 Å². The number of hydrogen-bond acceptors (Lipinski definition) is 6. The monoisotopic (exact) mass is 324 g/mol. The molecule has 0 aromatic heterocycles. The van der Waals surface area contributed by atoms with E-state index in [1.165, 1.54) is 0 Å². The van der Waals surface area contributed by atoms with Crippen molar-refractivity contribution in [3.8, 4) is 11.5 Å². The molecule has 0 saturated carbocycles. The fourth-order valence-electron chi connectivity index (χ4n) is 2.47. The van der Waals surface area contributed by atoms with Crippen molar-refractivity contribution in [3.05, 3.63) is 18.2 Å². The smallest absolute Gasteiger partial charge is 0.221 e. The highest BCUT2D eigenvalue weighted by Crippen LogP contribution is 2.34. The van der Waals surface area contributed by atoms with Crippen LogP contribution in [0.25, 0.3) is 0 Å². The molecule has 1 aromatic rings. The Bertz CT molecular complexity index is 540. The fraction of sp³-hybridized carbons (Fsp3) is 0.533. The van der Waals surface area contributed by atoms with Gasteiger partial charge in [-0.05, 0) is 18.2 Å².